The molecule has 114 valence electrons. The van der Waals surface area contributed by atoms with Gasteiger partial charge < -0.3 is 19.9 Å². The molecule has 0 aliphatic carbocycles. The number of nitrogens with one attached hydrogen (secondary N) is 1. The number of halogens is 1. The highest BCUT2D eigenvalue weighted by Crippen LogP contribution is 2.25. The molecular formula is C15H24BrNO3. The number of methoxy groups -OCH3 is 1. The standard InChI is InChI=1S/C15H24BrNO3/c1-15(2,3)20-9-11(18)8-17-14-7-5-6-13(16)12(14)10-19-4/h5-7,11,17-18H,8-10H2,1-4H3. The number of anilines is 1. The number of benzene rings is 1. The predicted octanol–water partition coefficient (Wildman–Crippen LogP) is 3.18. The van der Waals surface area contributed by atoms with E-state index >= 15 is 0 Å². The Hall–Kier alpha value is -0.620. The Balaban J connectivity index is 2.55. The quantitative estimate of drug-likeness (QED) is 0.796. The van der Waals surface area contributed by atoms with Gasteiger partial charge >= 0.3 is 0 Å². The van der Waals surface area contributed by atoms with Crippen molar-refractivity contribution in [2.24, 2.45) is 0 Å². The molecule has 1 aromatic rings. The number of hydrogen-bond acceptors (Lipinski definition) is 4. The molecule has 1 rings (SSSR count). The number of rotatable bonds is 7. The van der Waals surface area contributed by atoms with Crippen LogP contribution in [0.1, 0.15) is 26.3 Å². The molecule has 1 unspecified atom stereocenters. The van der Waals surface area contributed by atoms with Gasteiger partial charge in [-0.15, -0.1) is 0 Å². The third-order valence-electron chi connectivity index (χ3n) is 2.64. The van der Waals surface area contributed by atoms with E-state index < -0.39 is 6.10 Å². The van der Waals surface area contributed by atoms with Crippen molar-refractivity contribution in [2.75, 3.05) is 25.6 Å². The lowest BCUT2D eigenvalue weighted by Crippen LogP contribution is -2.30. The van der Waals surface area contributed by atoms with Gasteiger partial charge in [-0.05, 0) is 32.9 Å². The van der Waals surface area contributed by atoms with E-state index in [9.17, 15) is 5.11 Å². The molecule has 0 amide bonds. The Kier molecular flexibility index (Phi) is 6.95. The van der Waals surface area contributed by atoms with Crippen LogP contribution in [0.5, 0.6) is 0 Å². The number of hydrogen-bond donors (Lipinski definition) is 2. The van der Waals surface area contributed by atoms with Crippen LogP contribution in [-0.4, -0.2) is 37.1 Å². The first-order chi connectivity index (χ1) is 9.33. The second-order valence-corrected chi connectivity index (χ2v) is 6.51. The molecule has 0 aromatic heterocycles. The molecule has 20 heavy (non-hydrogen) atoms. The molecule has 4 nitrogen and oxygen atoms in total. The second kappa shape index (κ2) is 7.98. The first kappa shape index (κ1) is 17.4. The van der Waals surface area contributed by atoms with Gasteiger partial charge in [0.2, 0.25) is 0 Å². The molecule has 0 aliphatic heterocycles. The number of aliphatic hydroxyl groups excluding tert-OH is 1. The fourth-order valence-electron chi connectivity index (χ4n) is 1.65. The third-order valence-corrected chi connectivity index (χ3v) is 3.39. The number of ether oxygens (including phenoxy) is 2. The van der Waals surface area contributed by atoms with Crippen LogP contribution in [-0.2, 0) is 16.1 Å². The van der Waals surface area contributed by atoms with E-state index in [2.05, 4.69) is 21.2 Å². The van der Waals surface area contributed by atoms with Gasteiger partial charge in [-0.25, -0.2) is 0 Å². The van der Waals surface area contributed by atoms with Crippen LogP contribution in [0.2, 0.25) is 0 Å². The average Bonchev–Trinajstić information content (AvgIpc) is 2.36. The minimum absolute atomic E-state index is 0.238. The van der Waals surface area contributed by atoms with E-state index in [1.165, 1.54) is 0 Å². The normalized spacial score (nSPS) is 13.3. The predicted molar refractivity (Wildman–Crippen MR) is 85.1 cm³/mol. The summed E-state index contributed by atoms with van der Waals surface area (Å²) in [6.07, 6.45) is -0.552. The molecule has 0 fully saturated rings. The van der Waals surface area contributed by atoms with Gasteiger partial charge in [-0.3, -0.25) is 0 Å². The monoisotopic (exact) mass is 345 g/mol. The molecular weight excluding hydrogens is 322 g/mol. The summed E-state index contributed by atoms with van der Waals surface area (Å²) in [6, 6.07) is 5.89. The molecule has 0 saturated carbocycles. The van der Waals surface area contributed by atoms with E-state index in [1.807, 2.05) is 39.0 Å². The zero-order valence-electron chi connectivity index (χ0n) is 12.6. The topological polar surface area (TPSA) is 50.7 Å². The van der Waals surface area contributed by atoms with Crippen molar-refractivity contribution in [2.45, 2.75) is 39.1 Å². The Morgan fingerprint density at radius 2 is 2.05 bits per heavy atom. The SMILES string of the molecule is COCc1c(Br)cccc1NCC(O)COC(C)(C)C. The van der Waals surface area contributed by atoms with E-state index in [0.29, 0.717) is 19.8 Å². The van der Waals surface area contributed by atoms with E-state index in [1.54, 1.807) is 7.11 Å². The summed E-state index contributed by atoms with van der Waals surface area (Å²) in [5.41, 5.74) is 1.76. The lowest BCUT2D eigenvalue weighted by Gasteiger charge is -2.22. The van der Waals surface area contributed by atoms with Crippen LogP contribution >= 0.6 is 15.9 Å². The summed E-state index contributed by atoms with van der Waals surface area (Å²) in [5, 5.41) is 13.2. The highest BCUT2D eigenvalue weighted by Gasteiger charge is 2.14. The molecule has 0 heterocycles. The van der Waals surface area contributed by atoms with Gasteiger partial charge in [-0.2, -0.15) is 0 Å². The van der Waals surface area contributed by atoms with Crippen molar-refractivity contribution in [1.82, 2.24) is 0 Å². The van der Waals surface area contributed by atoms with Crippen LogP contribution < -0.4 is 5.32 Å². The van der Waals surface area contributed by atoms with Crippen molar-refractivity contribution in [3.63, 3.8) is 0 Å². The lowest BCUT2D eigenvalue weighted by molar-refractivity contribution is -0.0449. The summed E-state index contributed by atoms with van der Waals surface area (Å²) in [7, 11) is 1.66. The summed E-state index contributed by atoms with van der Waals surface area (Å²) >= 11 is 3.50. The van der Waals surface area contributed by atoms with Crippen molar-refractivity contribution in [3.05, 3.63) is 28.2 Å². The molecule has 2 N–H and O–H groups in total. The van der Waals surface area contributed by atoms with E-state index in [0.717, 1.165) is 15.7 Å². The van der Waals surface area contributed by atoms with E-state index in [-0.39, 0.29) is 5.60 Å². The first-order valence-corrected chi connectivity index (χ1v) is 7.45. The zero-order valence-corrected chi connectivity index (χ0v) is 14.2. The maximum atomic E-state index is 9.93. The fraction of sp³-hybridized carbons (Fsp3) is 0.600. The Morgan fingerprint density at radius 3 is 2.65 bits per heavy atom. The van der Waals surface area contributed by atoms with Gasteiger partial charge in [0, 0.05) is 29.4 Å². The van der Waals surface area contributed by atoms with Crippen LogP contribution in [0.4, 0.5) is 5.69 Å². The average molecular weight is 346 g/mol. The Labute approximate surface area is 129 Å². The molecule has 1 atom stereocenters. The minimum Gasteiger partial charge on any atom is -0.389 e. The third kappa shape index (κ3) is 6.22. The largest absolute Gasteiger partial charge is 0.389 e. The zero-order chi connectivity index (χ0) is 15.2. The van der Waals surface area contributed by atoms with Gasteiger partial charge in [0.1, 0.15) is 0 Å². The summed E-state index contributed by atoms with van der Waals surface area (Å²) in [4.78, 5) is 0. The molecule has 0 saturated heterocycles. The fourth-order valence-corrected chi connectivity index (χ4v) is 2.13. The molecule has 0 radical (unpaired) electrons. The lowest BCUT2D eigenvalue weighted by atomic mass is 10.2. The van der Waals surface area contributed by atoms with Crippen LogP contribution in [0.3, 0.4) is 0 Å². The van der Waals surface area contributed by atoms with E-state index in [4.69, 9.17) is 9.47 Å². The smallest absolute Gasteiger partial charge is 0.0945 e. The van der Waals surface area contributed by atoms with Gasteiger partial charge in [0.15, 0.2) is 0 Å². The molecule has 0 spiro atoms. The second-order valence-electron chi connectivity index (χ2n) is 5.66. The maximum absolute atomic E-state index is 9.93. The van der Waals surface area contributed by atoms with Crippen LogP contribution in [0.15, 0.2) is 22.7 Å². The van der Waals surface area contributed by atoms with Crippen LogP contribution in [0, 0.1) is 0 Å². The molecule has 5 heteroatoms. The summed E-state index contributed by atoms with van der Waals surface area (Å²) in [6.45, 7) is 7.17. The Bertz CT molecular complexity index is 418. The summed E-state index contributed by atoms with van der Waals surface area (Å²) in [5.74, 6) is 0. The molecule has 0 aliphatic rings. The van der Waals surface area contributed by atoms with Gasteiger partial charge in [0.05, 0.1) is 24.9 Å². The van der Waals surface area contributed by atoms with Crippen molar-refractivity contribution in [1.29, 1.82) is 0 Å². The van der Waals surface area contributed by atoms with Crippen LogP contribution in [0.25, 0.3) is 0 Å². The Morgan fingerprint density at radius 1 is 1.35 bits per heavy atom. The van der Waals surface area contributed by atoms with Gasteiger partial charge in [0.25, 0.3) is 0 Å². The molecule has 1 aromatic carbocycles. The first-order valence-electron chi connectivity index (χ1n) is 6.65. The van der Waals surface area contributed by atoms with Crippen molar-refractivity contribution in [3.8, 4) is 0 Å². The number of aliphatic hydroxyl groups is 1. The maximum Gasteiger partial charge on any atom is 0.0945 e. The summed E-state index contributed by atoms with van der Waals surface area (Å²) < 4.78 is 11.7. The van der Waals surface area contributed by atoms with Crippen molar-refractivity contribution >= 4 is 21.6 Å². The highest BCUT2D eigenvalue weighted by atomic mass is 79.9. The minimum atomic E-state index is -0.552. The highest BCUT2D eigenvalue weighted by molar-refractivity contribution is 9.10. The van der Waals surface area contributed by atoms with Gasteiger partial charge in [-0.1, -0.05) is 22.0 Å². The van der Waals surface area contributed by atoms with Crippen molar-refractivity contribution < 1.29 is 14.6 Å². The molecule has 0 bridgehead atoms.